The van der Waals surface area contributed by atoms with Gasteiger partial charge in [0, 0.05) is 20.8 Å². The van der Waals surface area contributed by atoms with Crippen LogP contribution >= 0.6 is 0 Å². The molecule has 0 atom stereocenters. The molecule has 0 saturated carbocycles. The molecule has 0 unspecified atom stereocenters. The molecule has 0 spiro atoms. The fourth-order valence-electron chi connectivity index (χ4n) is 2.38. The molecule has 0 aliphatic carbocycles. The number of ether oxygens (including phenoxy) is 1. The van der Waals surface area contributed by atoms with E-state index >= 15 is 0 Å². The molecule has 1 aliphatic heterocycles. The van der Waals surface area contributed by atoms with Gasteiger partial charge < -0.3 is 15.0 Å². The summed E-state index contributed by atoms with van der Waals surface area (Å²) in [5.41, 5.74) is 0. The molecule has 1 rings (SSSR count). The second-order valence-corrected chi connectivity index (χ2v) is 5.24. The Balaban J connectivity index is 0.000000711. The molecule has 0 aromatic heterocycles. The molecule has 1 saturated heterocycles. The first kappa shape index (κ1) is 18.5. The zero-order chi connectivity index (χ0) is 14.3. The van der Waals surface area contributed by atoms with E-state index in [1.165, 1.54) is 58.2 Å². The summed E-state index contributed by atoms with van der Waals surface area (Å²) in [5.74, 6) is 1.01. The summed E-state index contributed by atoms with van der Waals surface area (Å²) in [6.45, 7) is 10.6. The highest BCUT2D eigenvalue weighted by Crippen LogP contribution is 2.19. The third kappa shape index (κ3) is 11.0. The summed E-state index contributed by atoms with van der Waals surface area (Å²) in [7, 11) is 3.60. The molecule has 19 heavy (non-hydrogen) atoms. The highest BCUT2D eigenvalue weighted by atomic mass is 16.5. The Labute approximate surface area is 120 Å². The highest BCUT2D eigenvalue weighted by Gasteiger charge is 2.16. The van der Waals surface area contributed by atoms with E-state index in [-0.39, 0.29) is 0 Å². The van der Waals surface area contributed by atoms with Crippen molar-refractivity contribution in [3.8, 4) is 0 Å². The lowest BCUT2D eigenvalue weighted by Crippen LogP contribution is -2.34. The molecule has 0 aromatic carbocycles. The molecule has 114 valence electrons. The smallest absolute Gasteiger partial charge is 0.0462 e. The third-order valence-corrected chi connectivity index (χ3v) is 3.81. The van der Waals surface area contributed by atoms with E-state index in [4.69, 9.17) is 4.74 Å². The Morgan fingerprint density at radius 3 is 2.37 bits per heavy atom. The molecule has 3 nitrogen and oxygen atoms in total. The second kappa shape index (κ2) is 13.9. The van der Waals surface area contributed by atoms with Gasteiger partial charge in [-0.15, -0.1) is 0 Å². The van der Waals surface area contributed by atoms with Gasteiger partial charge >= 0.3 is 0 Å². The van der Waals surface area contributed by atoms with Crippen molar-refractivity contribution in [1.82, 2.24) is 10.2 Å². The van der Waals surface area contributed by atoms with Crippen LogP contribution in [0.1, 0.15) is 45.4 Å². The van der Waals surface area contributed by atoms with Gasteiger partial charge in [0.25, 0.3) is 0 Å². The number of hydrogen-bond donors (Lipinski definition) is 1. The first-order valence-electron chi connectivity index (χ1n) is 7.77. The van der Waals surface area contributed by atoms with Crippen molar-refractivity contribution in [1.29, 1.82) is 0 Å². The van der Waals surface area contributed by atoms with Crippen LogP contribution in [0.4, 0.5) is 0 Å². The van der Waals surface area contributed by atoms with Gasteiger partial charge in [-0.25, -0.2) is 0 Å². The van der Waals surface area contributed by atoms with Crippen LogP contribution in [-0.2, 0) is 4.74 Å². The molecule has 1 N–H and O–H groups in total. The predicted molar refractivity (Wildman–Crippen MR) is 84.4 cm³/mol. The molecule has 0 bridgehead atoms. The number of nitrogens with zero attached hydrogens (tertiary/aromatic N) is 1. The van der Waals surface area contributed by atoms with Gasteiger partial charge in [-0.1, -0.05) is 19.9 Å². The van der Waals surface area contributed by atoms with E-state index in [0.29, 0.717) is 0 Å². The first-order valence-corrected chi connectivity index (χ1v) is 7.77. The summed E-state index contributed by atoms with van der Waals surface area (Å²) < 4.78 is 5.05. The number of likely N-dealkylation sites (tertiary alicyclic amines) is 1. The Morgan fingerprint density at radius 1 is 1.26 bits per heavy atom. The van der Waals surface area contributed by atoms with E-state index in [1.807, 2.05) is 7.05 Å². The van der Waals surface area contributed by atoms with Gasteiger partial charge in [0.15, 0.2) is 0 Å². The maximum absolute atomic E-state index is 5.05. The fraction of sp³-hybridized carbons (Fsp3) is 0.875. The second-order valence-electron chi connectivity index (χ2n) is 5.24. The molecule has 1 fully saturated rings. The topological polar surface area (TPSA) is 24.5 Å². The number of nitrogens with one attached hydrogen (secondary N) is 1. The van der Waals surface area contributed by atoms with E-state index in [0.717, 1.165) is 12.5 Å². The van der Waals surface area contributed by atoms with Gasteiger partial charge in [0.2, 0.25) is 0 Å². The van der Waals surface area contributed by atoms with Gasteiger partial charge in [0.1, 0.15) is 0 Å². The average molecular weight is 270 g/mol. The summed E-state index contributed by atoms with van der Waals surface area (Å²) in [4.78, 5) is 2.64. The number of piperidine rings is 1. The maximum Gasteiger partial charge on any atom is 0.0462 e. The lowest BCUT2D eigenvalue weighted by molar-refractivity contribution is 0.170. The minimum Gasteiger partial charge on any atom is -0.394 e. The summed E-state index contributed by atoms with van der Waals surface area (Å²) in [6.07, 6.45) is 9.74. The van der Waals surface area contributed by atoms with Crippen LogP contribution in [0, 0.1) is 5.92 Å². The molecule has 0 amide bonds. The van der Waals surface area contributed by atoms with E-state index in [9.17, 15) is 0 Å². The molecule has 3 heteroatoms. The molecule has 0 aromatic rings. The van der Waals surface area contributed by atoms with Crippen LogP contribution in [0.5, 0.6) is 0 Å². The van der Waals surface area contributed by atoms with Gasteiger partial charge in [0.05, 0.1) is 0 Å². The van der Waals surface area contributed by atoms with Crippen LogP contribution in [0.25, 0.3) is 0 Å². The molecular weight excluding hydrogens is 236 g/mol. The van der Waals surface area contributed by atoms with Gasteiger partial charge in [-0.3, -0.25) is 0 Å². The van der Waals surface area contributed by atoms with Crippen molar-refractivity contribution >= 4 is 0 Å². The predicted octanol–water partition coefficient (Wildman–Crippen LogP) is 3.27. The Hall–Kier alpha value is -0.540. The lowest BCUT2D eigenvalue weighted by atomic mass is 9.94. The average Bonchev–Trinajstić information content (AvgIpc) is 2.48. The van der Waals surface area contributed by atoms with Crippen molar-refractivity contribution in [2.45, 2.75) is 45.4 Å². The number of methoxy groups -OCH3 is 1. The third-order valence-electron chi connectivity index (χ3n) is 3.81. The largest absolute Gasteiger partial charge is 0.394 e. The van der Waals surface area contributed by atoms with Crippen molar-refractivity contribution < 1.29 is 4.74 Å². The SMILES string of the molecule is C=CNC.CCC1CCN(CCCCCOC)CC1. The fourth-order valence-corrected chi connectivity index (χ4v) is 2.38. The monoisotopic (exact) mass is 270 g/mol. The number of unbranched alkanes of at least 4 members (excludes halogenated alkanes) is 2. The van der Waals surface area contributed by atoms with Gasteiger partial charge in [-0.2, -0.15) is 0 Å². The Kier molecular flexibility index (Phi) is 13.5. The molecule has 1 heterocycles. The molecule has 1 aliphatic rings. The quantitative estimate of drug-likeness (QED) is 0.685. The van der Waals surface area contributed by atoms with Gasteiger partial charge in [-0.05, 0) is 63.9 Å². The number of hydrogen-bond acceptors (Lipinski definition) is 3. The van der Waals surface area contributed by atoms with Crippen molar-refractivity contribution in [3.63, 3.8) is 0 Å². The zero-order valence-corrected chi connectivity index (χ0v) is 13.3. The van der Waals surface area contributed by atoms with Crippen LogP contribution in [0.15, 0.2) is 12.8 Å². The number of rotatable bonds is 8. The molecule has 0 radical (unpaired) electrons. The standard InChI is InChI=1S/C13H27NO.C3H7N/c1-3-13-7-10-14(11-8-13)9-5-4-6-12-15-2;1-3-4-2/h13H,3-12H2,1-2H3;3-4H,1H2,2H3. The summed E-state index contributed by atoms with van der Waals surface area (Å²) >= 11 is 0. The van der Waals surface area contributed by atoms with E-state index in [2.05, 4.69) is 23.7 Å². The Bertz CT molecular complexity index is 189. The minimum atomic E-state index is 0.928. The lowest BCUT2D eigenvalue weighted by Gasteiger charge is -2.31. The van der Waals surface area contributed by atoms with E-state index < -0.39 is 0 Å². The van der Waals surface area contributed by atoms with Crippen molar-refractivity contribution in [2.24, 2.45) is 5.92 Å². The first-order chi connectivity index (χ1) is 9.28. The minimum absolute atomic E-state index is 0.928. The van der Waals surface area contributed by atoms with Crippen LogP contribution in [-0.4, -0.2) is 45.3 Å². The highest BCUT2D eigenvalue weighted by molar-refractivity contribution is 4.71. The Morgan fingerprint density at radius 2 is 1.89 bits per heavy atom. The summed E-state index contributed by atoms with van der Waals surface area (Å²) in [6, 6.07) is 0. The van der Waals surface area contributed by atoms with Crippen molar-refractivity contribution in [2.75, 3.05) is 40.4 Å². The normalized spacial score (nSPS) is 16.6. The van der Waals surface area contributed by atoms with Crippen molar-refractivity contribution in [3.05, 3.63) is 12.8 Å². The molecular formula is C16H34N2O. The van der Waals surface area contributed by atoms with Crippen LogP contribution in [0.3, 0.4) is 0 Å². The van der Waals surface area contributed by atoms with E-state index in [1.54, 1.807) is 13.3 Å². The van der Waals surface area contributed by atoms with Crippen LogP contribution < -0.4 is 5.32 Å². The summed E-state index contributed by atoms with van der Waals surface area (Å²) in [5, 5.41) is 2.69. The maximum atomic E-state index is 5.05. The zero-order valence-electron chi connectivity index (χ0n) is 13.3. The van der Waals surface area contributed by atoms with Crippen LogP contribution in [0.2, 0.25) is 0 Å².